The highest BCUT2D eigenvalue weighted by Gasteiger charge is 2.28. The molecule has 2 heteroatoms. The maximum atomic E-state index is 6.25. The third kappa shape index (κ3) is 2.16. The molecule has 22 heavy (non-hydrogen) atoms. The van der Waals surface area contributed by atoms with Crippen LogP contribution >= 0.6 is 0 Å². The molecular formula is C20H19NO. The highest BCUT2D eigenvalue weighted by molar-refractivity contribution is 5.88. The summed E-state index contributed by atoms with van der Waals surface area (Å²) >= 11 is 0. The Labute approximate surface area is 130 Å². The summed E-state index contributed by atoms with van der Waals surface area (Å²) in [4.78, 5) is 0. The van der Waals surface area contributed by atoms with Crippen molar-refractivity contribution < 1.29 is 4.74 Å². The lowest BCUT2D eigenvalue weighted by Crippen LogP contribution is -2.34. The van der Waals surface area contributed by atoms with Gasteiger partial charge in [-0.1, -0.05) is 67.6 Å². The van der Waals surface area contributed by atoms with Gasteiger partial charge in [-0.05, 0) is 23.3 Å². The molecule has 0 aliphatic carbocycles. The van der Waals surface area contributed by atoms with E-state index in [0.717, 1.165) is 12.2 Å². The van der Waals surface area contributed by atoms with Crippen molar-refractivity contribution in [2.24, 2.45) is 0 Å². The molecular weight excluding hydrogens is 270 g/mol. The third-order valence-corrected chi connectivity index (χ3v) is 4.39. The lowest BCUT2D eigenvalue weighted by molar-refractivity contribution is 0.124. The van der Waals surface area contributed by atoms with E-state index in [1.54, 1.807) is 0 Å². The number of fused-ring (bicyclic) bond motifs is 3. The number of benzene rings is 3. The molecule has 2 nitrogen and oxygen atoms in total. The smallest absolute Gasteiger partial charge is 0.177 e. The first-order chi connectivity index (χ1) is 10.9. The van der Waals surface area contributed by atoms with Crippen LogP contribution in [0.15, 0.2) is 66.7 Å². The Balaban J connectivity index is 1.83. The summed E-state index contributed by atoms with van der Waals surface area (Å²) in [5, 5.41) is 6.20. The average molecular weight is 289 g/mol. The SMILES string of the molecule is CC[C@H]1N[C@H](c2ccccc2)Oc2ccc3ccccc3c21. The molecule has 0 bridgehead atoms. The Bertz CT molecular complexity index is 797. The van der Waals surface area contributed by atoms with Gasteiger partial charge in [0.2, 0.25) is 0 Å². The predicted octanol–water partition coefficient (Wildman–Crippen LogP) is 4.97. The van der Waals surface area contributed by atoms with Gasteiger partial charge < -0.3 is 4.74 Å². The molecule has 0 amide bonds. The minimum absolute atomic E-state index is 0.0835. The molecule has 0 spiro atoms. The Hall–Kier alpha value is -2.32. The van der Waals surface area contributed by atoms with Crippen LogP contribution in [0.4, 0.5) is 0 Å². The van der Waals surface area contributed by atoms with Gasteiger partial charge in [-0.2, -0.15) is 0 Å². The number of nitrogens with one attached hydrogen (secondary N) is 1. The number of hydrogen-bond donors (Lipinski definition) is 1. The summed E-state index contributed by atoms with van der Waals surface area (Å²) in [7, 11) is 0. The van der Waals surface area contributed by atoms with Crippen molar-refractivity contribution in [3.8, 4) is 5.75 Å². The van der Waals surface area contributed by atoms with Crippen molar-refractivity contribution in [1.82, 2.24) is 5.32 Å². The molecule has 3 aromatic rings. The number of rotatable bonds is 2. The first-order valence-corrected chi connectivity index (χ1v) is 7.86. The first kappa shape index (κ1) is 13.4. The molecule has 4 rings (SSSR count). The molecule has 0 radical (unpaired) electrons. The molecule has 1 heterocycles. The van der Waals surface area contributed by atoms with Crippen molar-refractivity contribution >= 4 is 10.8 Å². The molecule has 110 valence electrons. The van der Waals surface area contributed by atoms with Crippen molar-refractivity contribution in [1.29, 1.82) is 0 Å². The van der Waals surface area contributed by atoms with Crippen LogP contribution in [-0.4, -0.2) is 0 Å². The van der Waals surface area contributed by atoms with E-state index in [9.17, 15) is 0 Å². The van der Waals surface area contributed by atoms with Gasteiger partial charge in [-0.15, -0.1) is 0 Å². The molecule has 0 saturated carbocycles. The monoisotopic (exact) mass is 289 g/mol. The van der Waals surface area contributed by atoms with Crippen LogP contribution in [0.1, 0.15) is 36.7 Å². The first-order valence-electron chi connectivity index (χ1n) is 7.86. The molecule has 0 fully saturated rings. The second-order valence-corrected chi connectivity index (χ2v) is 5.73. The maximum Gasteiger partial charge on any atom is 0.177 e. The van der Waals surface area contributed by atoms with E-state index in [0.29, 0.717) is 6.04 Å². The van der Waals surface area contributed by atoms with E-state index in [4.69, 9.17) is 4.74 Å². The van der Waals surface area contributed by atoms with Gasteiger partial charge in [0.1, 0.15) is 5.75 Å². The van der Waals surface area contributed by atoms with Gasteiger partial charge in [0.25, 0.3) is 0 Å². The molecule has 1 N–H and O–H groups in total. The summed E-state index contributed by atoms with van der Waals surface area (Å²) < 4.78 is 6.25. The quantitative estimate of drug-likeness (QED) is 0.719. The van der Waals surface area contributed by atoms with Gasteiger partial charge in [-0.25, -0.2) is 0 Å². The summed E-state index contributed by atoms with van der Waals surface area (Å²) in [5.74, 6) is 0.998. The van der Waals surface area contributed by atoms with Crippen LogP contribution < -0.4 is 10.1 Å². The molecule has 1 aliphatic heterocycles. The van der Waals surface area contributed by atoms with Crippen LogP contribution in [-0.2, 0) is 0 Å². The topological polar surface area (TPSA) is 21.3 Å². The zero-order valence-corrected chi connectivity index (χ0v) is 12.6. The molecule has 1 aliphatic rings. The Kier molecular flexibility index (Phi) is 3.32. The van der Waals surface area contributed by atoms with Crippen molar-refractivity contribution in [3.63, 3.8) is 0 Å². The van der Waals surface area contributed by atoms with Gasteiger partial charge in [0.15, 0.2) is 6.23 Å². The second kappa shape index (κ2) is 5.47. The number of ether oxygens (including phenoxy) is 1. The molecule has 3 aromatic carbocycles. The Morgan fingerprint density at radius 1 is 0.909 bits per heavy atom. The second-order valence-electron chi connectivity index (χ2n) is 5.73. The van der Waals surface area contributed by atoms with Crippen molar-refractivity contribution in [2.75, 3.05) is 0 Å². The summed E-state index contributed by atoms with van der Waals surface area (Å²) in [6.07, 6.45) is 0.952. The van der Waals surface area contributed by atoms with Gasteiger partial charge >= 0.3 is 0 Å². The molecule has 0 saturated heterocycles. The molecule has 2 atom stereocenters. The van der Waals surface area contributed by atoms with Crippen LogP contribution in [0.5, 0.6) is 5.75 Å². The van der Waals surface area contributed by atoms with Crippen LogP contribution in [0.3, 0.4) is 0 Å². The fourth-order valence-corrected chi connectivity index (χ4v) is 3.28. The summed E-state index contributed by atoms with van der Waals surface area (Å²) in [6.45, 7) is 2.22. The highest BCUT2D eigenvalue weighted by atomic mass is 16.5. The lowest BCUT2D eigenvalue weighted by Gasteiger charge is -2.34. The van der Waals surface area contributed by atoms with E-state index in [1.807, 2.05) is 6.07 Å². The minimum Gasteiger partial charge on any atom is -0.471 e. The van der Waals surface area contributed by atoms with E-state index >= 15 is 0 Å². The van der Waals surface area contributed by atoms with Crippen LogP contribution in [0, 0.1) is 0 Å². The Morgan fingerprint density at radius 3 is 2.50 bits per heavy atom. The predicted molar refractivity (Wildman–Crippen MR) is 89.9 cm³/mol. The summed E-state index contributed by atoms with van der Waals surface area (Å²) in [6, 6.07) is 23.4. The summed E-state index contributed by atoms with van der Waals surface area (Å²) in [5.41, 5.74) is 2.45. The Morgan fingerprint density at radius 2 is 1.68 bits per heavy atom. The fraction of sp³-hybridized carbons (Fsp3) is 0.200. The highest BCUT2D eigenvalue weighted by Crippen LogP contribution is 2.40. The average Bonchev–Trinajstić information content (AvgIpc) is 2.61. The lowest BCUT2D eigenvalue weighted by atomic mass is 9.94. The van der Waals surface area contributed by atoms with Crippen molar-refractivity contribution in [2.45, 2.75) is 25.6 Å². The fourth-order valence-electron chi connectivity index (χ4n) is 3.28. The third-order valence-electron chi connectivity index (χ3n) is 4.39. The number of hydrogen-bond acceptors (Lipinski definition) is 2. The normalized spacial score (nSPS) is 20.4. The van der Waals surface area contributed by atoms with E-state index in [1.165, 1.54) is 21.9 Å². The zero-order valence-electron chi connectivity index (χ0n) is 12.6. The van der Waals surface area contributed by atoms with E-state index in [2.05, 4.69) is 72.9 Å². The maximum absolute atomic E-state index is 6.25. The van der Waals surface area contributed by atoms with E-state index < -0.39 is 0 Å². The van der Waals surface area contributed by atoms with Crippen LogP contribution in [0.2, 0.25) is 0 Å². The largest absolute Gasteiger partial charge is 0.471 e. The minimum atomic E-state index is -0.0835. The molecule has 0 aromatic heterocycles. The van der Waals surface area contributed by atoms with Gasteiger partial charge in [0.05, 0.1) is 0 Å². The van der Waals surface area contributed by atoms with Crippen LogP contribution in [0.25, 0.3) is 10.8 Å². The zero-order chi connectivity index (χ0) is 14.9. The van der Waals surface area contributed by atoms with Crippen molar-refractivity contribution in [3.05, 3.63) is 77.9 Å². The van der Waals surface area contributed by atoms with E-state index in [-0.39, 0.29) is 6.23 Å². The van der Waals surface area contributed by atoms with Gasteiger partial charge in [0, 0.05) is 17.2 Å². The van der Waals surface area contributed by atoms with Gasteiger partial charge in [-0.3, -0.25) is 5.32 Å². The molecule has 0 unspecified atom stereocenters. The standard InChI is InChI=1S/C20H19NO/c1-2-17-19-16-11-7-6-8-14(16)12-13-18(19)22-20(21-17)15-9-4-3-5-10-15/h3-13,17,20-21H,2H2,1H3/t17-,20+/m1/s1.